The predicted octanol–water partition coefficient (Wildman–Crippen LogP) is 4.74. The molecular formula is C16H23Cl2NO3S. The third-order valence-electron chi connectivity index (χ3n) is 4.17. The number of nitrogens with zero attached hydrogens (tertiary/aromatic N) is 1. The van der Waals surface area contributed by atoms with Gasteiger partial charge in [0.05, 0.1) is 16.7 Å². The van der Waals surface area contributed by atoms with Crippen molar-refractivity contribution in [3.05, 3.63) is 22.2 Å². The molecule has 0 unspecified atom stereocenters. The van der Waals surface area contributed by atoms with Crippen LogP contribution in [-0.2, 0) is 10.0 Å². The lowest BCUT2D eigenvalue weighted by molar-refractivity contribution is 0.261. The zero-order valence-electron chi connectivity index (χ0n) is 13.5. The normalized spacial score (nSPS) is 16.7. The molecule has 0 atom stereocenters. The maximum atomic E-state index is 13.0. The largest absolute Gasteiger partial charge is 0.492 e. The van der Waals surface area contributed by atoms with E-state index in [-0.39, 0.29) is 21.0 Å². The molecule has 1 aliphatic carbocycles. The van der Waals surface area contributed by atoms with Gasteiger partial charge in [0.15, 0.2) is 0 Å². The van der Waals surface area contributed by atoms with Gasteiger partial charge in [-0.25, -0.2) is 8.42 Å². The molecule has 0 aromatic heterocycles. The fraction of sp³-hybridized carbons (Fsp3) is 0.625. The van der Waals surface area contributed by atoms with Crippen molar-refractivity contribution in [3.8, 4) is 5.75 Å². The third kappa shape index (κ3) is 4.13. The summed E-state index contributed by atoms with van der Waals surface area (Å²) in [5.74, 6) is 0.402. The summed E-state index contributed by atoms with van der Waals surface area (Å²) in [6, 6.07) is 2.92. The highest BCUT2D eigenvalue weighted by atomic mass is 35.5. The summed E-state index contributed by atoms with van der Waals surface area (Å²) in [6.45, 7) is 4.55. The average Bonchev–Trinajstić information content (AvgIpc) is 2.52. The van der Waals surface area contributed by atoms with Gasteiger partial charge < -0.3 is 4.74 Å². The van der Waals surface area contributed by atoms with Crippen LogP contribution in [0, 0.1) is 0 Å². The summed E-state index contributed by atoms with van der Waals surface area (Å²) < 4.78 is 33.0. The monoisotopic (exact) mass is 379 g/mol. The molecule has 7 heteroatoms. The van der Waals surface area contributed by atoms with E-state index >= 15 is 0 Å². The molecule has 0 amide bonds. The van der Waals surface area contributed by atoms with Crippen LogP contribution in [0.4, 0.5) is 0 Å². The summed E-state index contributed by atoms with van der Waals surface area (Å²) in [7, 11) is -3.67. The van der Waals surface area contributed by atoms with Gasteiger partial charge in [-0.1, -0.05) is 49.4 Å². The first kappa shape index (κ1) is 18.8. The van der Waals surface area contributed by atoms with Crippen molar-refractivity contribution >= 4 is 33.2 Å². The molecule has 4 nitrogen and oxygen atoms in total. The summed E-state index contributed by atoms with van der Waals surface area (Å²) in [4.78, 5) is 0.0556. The van der Waals surface area contributed by atoms with Crippen LogP contribution in [0.2, 0.25) is 10.0 Å². The molecule has 1 aromatic carbocycles. The number of benzene rings is 1. The van der Waals surface area contributed by atoms with Crippen LogP contribution in [-0.4, -0.2) is 31.9 Å². The van der Waals surface area contributed by atoms with Gasteiger partial charge >= 0.3 is 0 Å². The van der Waals surface area contributed by atoms with E-state index in [1.54, 1.807) is 4.31 Å². The number of hydrogen-bond acceptors (Lipinski definition) is 3. The summed E-state index contributed by atoms with van der Waals surface area (Å²) >= 11 is 12.4. The molecule has 0 spiro atoms. The highest BCUT2D eigenvalue weighted by Crippen LogP contribution is 2.36. The van der Waals surface area contributed by atoms with Gasteiger partial charge in [0.1, 0.15) is 10.6 Å². The maximum Gasteiger partial charge on any atom is 0.244 e. The second-order valence-corrected chi connectivity index (χ2v) is 8.32. The summed E-state index contributed by atoms with van der Waals surface area (Å²) in [5, 5.41) is 0.404. The Morgan fingerprint density at radius 1 is 1.13 bits per heavy atom. The van der Waals surface area contributed by atoms with Gasteiger partial charge in [0.25, 0.3) is 0 Å². The van der Waals surface area contributed by atoms with Crippen LogP contribution in [0.5, 0.6) is 5.75 Å². The molecule has 1 aromatic rings. The molecule has 0 heterocycles. The number of rotatable bonds is 6. The van der Waals surface area contributed by atoms with Crippen molar-refractivity contribution in [2.24, 2.45) is 0 Å². The Morgan fingerprint density at radius 3 is 2.35 bits per heavy atom. The first-order valence-corrected chi connectivity index (χ1v) is 10.2. The lowest BCUT2D eigenvalue weighted by Crippen LogP contribution is -2.41. The first-order valence-electron chi connectivity index (χ1n) is 8.05. The molecule has 1 saturated carbocycles. The highest BCUT2D eigenvalue weighted by Gasteiger charge is 2.33. The van der Waals surface area contributed by atoms with Crippen molar-refractivity contribution in [3.63, 3.8) is 0 Å². The van der Waals surface area contributed by atoms with Gasteiger partial charge in [0, 0.05) is 18.7 Å². The van der Waals surface area contributed by atoms with E-state index in [0.29, 0.717) is 18.9 Å². The number of ether oxygens (including phenoxy) is 1. The Kier molecular flexibility index (Phi) is 6.60. The Balaban J connectivity index is 2.39. The van der Waals surface area contributed by atoms with Crippen LogP contribution in [0.15, 0.2) is 17.0 Å². The third-order valence-corrected chi connectivity index (χ3v) is 6.95. The van der Waals surface area contributed by atoms with Gasteiger partial charge in [-0.05, 0) is 25.8 Å². The van der Waals surface area contributed by atoms with Crippen LogP contribution in [0.1, 0.15) is 46.0 Å². The summed E-state index contributed by atoms with van der Waals surface area (Å²) in [6.07, 6.45) is 5.09. The minimum Gasteiger partial charge on any atom is -0.492 e. The number of sulfonamides is 1. The van der Waals surface area contributed by atoms with E-state index in [1.807, 2.05) is 13.8 Å². The SMILES string of the molecule is CCOc1cc(Cl)c(S(=O)(=O)N(CC)C2CCCCC2)cc1Cl. The average molecular weight is 380 g/mol. The Morgan fingerprint density at radius 2 is 1.78 bits per heavy atom. The number of hydrogen-bond donors (Lipinski definition) is 0. The number of halogens is 2. The molecule has 1 aliphatic rings. The van der Waals surface area contributed by atoms with Crippen molar-refractivity contribution in [1.82, 2.24) is 4.31 Å². The zero-order chi connectivity index (χ0) is 17.0. The predicted molar refractivity (Wildman–Crippen MR) is 94.1 cm³/mol. The van der Waals surface area contributed by atoms with E-state index in [2.05, 4.69) is 0 Å². The van der Waals surface area contributed by atoms with E-state index in [0.717, 1.165) is 25.7 Å². The molecule has 0 radical (unpaired) electrons. The molecular weight excluding hydrogens is 357 g/mol. The van der Waals surface area contributed by atoms with Crippen LogP contribution < -0.4 is 4.74 Å². The van der Waals surface area contributed by atoms with Crippen molar-refractivity contribution in [1.29, 1.82) is 0 Å². The van der Waals surface area contributed by atoms with Gasteiger partial charge in [-0.2, -0.15) is 4.31 Å². The van der Waals surface area contributed by atoms with Crippen molar-refractivity contribution in [2.45, 2.75) is 56.9 Å². The fourth-order valence-corrected chi connectivity index (χ4v) is 5.59. The van der Waals surface area contributed by atoms with Gasteiger partial charge in [-0.15, -0.1) is 0 Å². The lowest BCUT2D eigenvalue weighted by atomic mass is 9.95. The molecule has 0 aliphatic heterocycles. The van der Waals surface area contributed by atoms with Gasteiger partial charge in [0.2, 0.25) is 10.0 Å². The van der Waals surface area contributed by atoms with Gasteiger partial charge in [-0.3, -0.25) is 0 Å². The van der Waals surface area contributed by atoms with E-state index in [4.69, 9.17) is 27.9 Å². The zero-order valence-corrected chi connectivity index (χ0v) is 15.8. The Bertz CT molecular complexity index is 643. The Labute approximate surface area is 148 Å². The maximum absolute atomic E-state index is 13.0. The second kappa shape index (κ2) is 8.06. The minimum absolute atomic E-state index is 0.0418. The van der Waals surface area contributed by atoms with Crippen LogP contribution >= 0.6 is 23.2 Å². The summed E-state index contributed by atoms with van der Waals surface area (Å²) in [5.41, 5.74) is 0. The molecule has 1 fully saturated rings. The fourth-order valence-electron chi connectivity index (χ4n) is 3.09. The van der Waals surface area contributed by atoms with E-state index in [1.165, 1.54) is 18.6 Å². The van der Waals surface area contributed by atoms with Crippen LogP contribution in [0.25, 0.3) is 0 Å². The molecule has 23 heavy (non-hydrogen) atoms. The quantitative estimate of drug-likeness (QED) is 0.717. The van der Waals surface area contributed by atoms with Crippen molar-refractivity contribution in [2.75, 3.05) is 13.2 Å². The lowest BCUT2D eigenvalue weighted by Gasteiger charge is -2.32. The molecule has 2 rings (SSSR count). The second-order valence-electron chi connectivity index (χ2n) is 5.65. The van der Waals surface area contributed by atoms with E-state index in [9.17, 15) is 8.42 Å². The topological polar surface area (TPSA) is 46.6 Å². The highest BCUT2D eigenvalue weighted by molar-refractivity contribution is 7.89. The Hall–Kier alpha value is -0.490. The van der Waals surface area contributed by atoms with Crippen LogP contribution in [0.3, 0.4) is 0 Å². The minimum atomic E-state index is -3.67. The molecule has 0 bridgehead atoms. The molecule has 130 valence electrons. The van der Waals surface area contributed by atoms with E-state index < -0.39 is 10.0 Å². The molecule has 0 saturated heterocycles. The smallest absolute Gasteiger partial charge is 0.244 e. The van der Waals surface area contributed by atoms with Crippen molar-refractivity contribution < 1.29 is 13.2 Å². The standard InChI is InChI=1S/C16H23Cl2NO3S/c1-3-19(12-8-6-5-7-9-12)23(20,21)16-11-13(17)15(22-4-2)10-14(16)18/h10-12H,3-9H2,1-2H3. The molecule has 0 N–H and O–H groups in total. The first-order chi connectivity index (χ1) is 10.9.